The Labute approximate surface area is 114 Å². The third-order valence-electron chi connectivity index (χ3n) is 3.02. The van der Waals surface area contributed by atoms with Crippen LogP contribution >= 0.6 is 23.2 Å². The van der Waals surface area contributed by atoms with E-state index in [0.717, 1.165) is 0 Å². The van der Waals surface area contributed by atoms with Gasteiger partial charge in [-0.15, -0.1) is 0 Å². The molecule has 0 radical (unpaired) electrons. The van der Waals surface area contributed by atoms with Gasteiger partial charge < -0.3 is 15.7 Å². The van der Waals surface area contributed by atoms with Gasteiger partial charge in [-0.05, 0) is 18.9 Å². The molecule has 18 heavy (non-hydrogen) atoms. The molecule has 0 bridgehead atoms. The van der Waals surface area contributed by atoms with Gasteiger partial charge in [-0.25, -0.2) is 4.98 Å². The Kier molecular flexibility index (Phi) is 3.66. The number of nitrogens with two attached hydrogens (primary N) is 1. The van der Waals surface area contributed by atoms with E-state index >= 15 is 0 Å². The number of piperidine rings is 1. The first-order valence-corrected chi connectivity index (χ1v) is 6.26. The molecular weight excluding hydrogens is 277 g/mol. The number of nitrogens with zero attached hydrogens (tertiary/aromatic N) is 2. The number of aromatic nitrogens is 1. The highest BCUT2D eigenvalue weighted by molar-refractivity contribution is 6.36. The average molecular weight is 290 g/mol. The zero-order valence-electron chi connectivity index (χ0n) is 9.57. The molecule has 0 aromatic carbocycles. The van der Waals surface area contributed by atoms with Crippen molar-refractivity contribution in [3.8, 4) is 0 Å². The van der Waals surface area contributed by atoms with Crippen molar-refractivity contribution >= 4 is 34.9 Å². The SMILES string of the molecule is NC(=O)C1(O)CCCN(c2ncc(Cl)cc2Cl)C1. The fraction of sp³-hybridized carbons (Fsp3) is 0.455. The average Bonchev–Trinajstić information content (AvgIpc) is 2.28. The molecule has 2 heterocycles. The Morgan fingerprint density at radius 1 is 1.56 bits per heavy atom. The number of aliphatic hydroxyl groups is 1. The normalized spacial score (nSPS) is 24.1. The largest absolute Gasteiger partial charge is 0.378 e. The molecule has 1 aromatic heterocycles. The smallest absolute Gasteiger partial charge is 0.251 e. The summed E-state index contributed by atoms with van der Waals surface area (Å²) in [5.41, 5.74) is 3.69. The summed E-state index contributed by atoms with van der Waals surface area (Å²) >= 11 is 11.8. The Morgan fingerprint density at radius 2 is 2.28 bits per heavy atom. The first-order valence-electron chi connectivity index (χ1n) is 5.51. The standard InChI is InChI=1S/C11H13Cl2N3O2/c12-7-4-8(13)9(15-5-7)16-3-1-2-11(18,6-16)10(14)17/h4-5,18H,1-3,6H2,(H2,14,17). The molecule has 0 aliphatic carbocycles. The molecule has 3 N–H and O–H groups in total. The molecule has 1 aromatic rings. The maximum Gasteiger partial charge on any atom is 0.251 e. The van der Waals surface area contributed by atoms with E-state index in [2.05, 4.69) is 4.98 Å². The van der Waals surface area contributed by atoms with Gasteiger partial charge in [0.2, 0.25) is 0 Å². The van der Waals surface area contributed by atoms with Gasteiger partial charge >= 0.3 is 0 Å². The van der Waals surface area contributed by atoms with Crippen LogP contribution in [-0.2, 0) is 4.79 Å². The Bertz CT molecular complexity index is 483. The molecule has 5 nitrogen and oxygen atoms in total. The summed E-state index contributed by atoms with van der Waals surface area (Å²) in [7, 11) is 0. The molecular formula is C11H13Cl2N3O2. The molecule has 1 atom stereocenters. The molecule has 1 fully saturated rings. The molecule has 1 amide bonds. The van der Waals surface area contributed by atoms with Gasteiger partial charge in [0.05, 0.1) is 16.6 Å². The third kappa shape index (κ3) is 2.53. The van der Waals surface area contributed by atoms with Crippen molar-refractivity contribution in [2.24, 2.45) is 5.73 Å². The summed E-state index contributed by atoms with van der Waals surface area (Å²) in [6, 6.07) is 1.57. The number of anilines is 1. The van der Waals surface area contributed by atoms with Crippen LogP contribution in [0.3, 0.4) is 0 Å². The van der Waals surface area contributed by atoms with E-state index in [4.69, 9.17) is 28.9 Å². The monoisotopic (exact) mass is 289 g/mol. The van der Waals surface area contributed by atoms with Crippen LogP contribution in [0.1, 0.15) is 12.8 Å². The van der Waals surface area contributed by atoms with Gasteiger partial charge in [0, 0.05) is 12.7 Å². The molecule has 0 saturated carbocycles. The topological polar surface area (TPSA) is 79.5 Å². The minimum atomic E-state index is -1.52. The molecule has 0 spiro atoms. The maximum absolute atomic E-state index is 11.3. The fourth-order valence-corrected chi connectivity index (χ4v) is 2.56. The van der Waals surface area contributed by atoms with Crippen LogP contribution in [0.5, 0.6) is 0 Å². The fourth-order valence-electron chi connectivity index (χ4n) is 2.06. The summed E-state index contributed by atoms with van der Waals surface area (Å²) in [4.78, 5) is 17.1. The number of carbonyl (C=O) groups excluding carboxylic acids is 1. The first-order chi connectivity index (χ1) is 8.42. The molecule has 7 heteroatoms. The summed E-state index contributed by atoms with van der Waals surface area (Å²) in [6.45, 7) is 0.751. The highest BCUT2D eigenvalue weighted by Crippen LogP contribution is 2.30. The second-order valence-electron chi connectivity index (χ2n) is 4.38. The number of amides is 1. The highest BCUT2D eigenvalue weighted by atomic mass is 35.5. The van der Waals surface area contributed by atoms with Gasteiger partial charge in [0.15, 0.2) is 5.60 Å². The van der Waals surface area contributed by atoms with E-state index in [1.165, 1.54) is 6.20 Å². The van der Waals surface area contributed by atoms with E-state index in [-0.39, 0.29) is 6.54 Å². The van der Waals surface area contributed by atoms with Gasteiger partial charge in [-0.1, -0.05) is 23.2 Å². The zero-order chi connectivity index (χ0) is 13.3. The maximum atomic E-state index is 11.3. The lowest BCUT2D eigenvalue weighted by Crippen LogP contribution is -2.56. The quantitative estimate of drug-likeness (QED) is 0.858. The molecule has 1 aliphatic heterocycles. The van der Waals surface area contributed by atoms with Gasteiger partial charge in [-0.3, -0.25) is 4.79 Å². The molecule has 2 rings (SSSR count). The Morgan fingerprint density at radius 3 is 2.89 bits per heavy atom. The lowest BCUT2D eigenvalue weighted by Gasteiger charge is -2.37. The number of primary amides is 1. The Hall–Kier alpha value is -1.04. The predicted octanol–water partition coefficient (Wildman–Crippen LogP) is 1.20. The van der Waals surface area contributed by atoms with E-state index < -0.39 is 11.5 Å². The minimum absolute atomic E-state index is 0.0939. The van der Waals surface area contributed by atoms with Gasteiger partial charge in [0.25, 0.3) is 5.91 Å². The van der Waals surface area contributed by atoms with E-state index in [1.807, 2.05) is 0 Å². The van der Waals surface area contributed by atoms with Gasteiger partial charge in [-0.2, -0.15) is 0 Å². The molecule has 1 unspecified atom stereocenters. The Balaban J connectivity index is 2.26. The second-order valence-corrected chi connectivity index (χ2v) is 5.22. The van der Waals surface area contributed by atoms with Crippen molar-refractivity contribution in [2.75, 3.05) is 18.0 Å². The van der Waals surface area contributed by atoms with E-state index in [9.17, 15) is 9.90 Å². The number of carbonyl (C=O) groups is 1. The van der Waals surface area contributed by atoms with Crippen molar-refractivity contribution in [3.63, 3.8) is 0 Å². The third-order valence-corrected chi connectivity index (χ3v) is 3.50. The van der Waals surface area contributed by atoms with E-state index in [1.54, 1.807) is 11.0 Å². The van der Waals surface area contributed by atoms with Crippen LogP contribution in [0.4, 0.5) is 5.82 Å². The minimum Gasteiger partial charge on any atom is -0.378 e. The van der Waals surface area contributed by atoms with Crippen LogP contribution in [0.15, 0.2) is 12.3 Å². The van der Waals surface area contributed by atoms with Crippen molar-refractivity contribution in [1.82, 2.24) is 4.98 Å². The van der Waals surface area contributed by atoms with E-state index in [0.29, 0.717) is 35.2 Å². The van der Waals surface area contributed by atoms with Crippen LogP contribution in [0.2, 0.25) is 10.0 Å². The van der Waals surface area contributed by atoms with Crippen LogP contribution in [0.25, 0.3) is 0 Å². The second kappa shape index (κ2) is 4.91. The van der Waals surface area contributed by atoms with Gasteiger partial charge in [0.1, 0.15) is 5.82 Å². The number of pyridine rings is 1. The van der Waals surface area contributed by atoms with Crippen LogP contribution in [-0.4, -0.2) is 34.7 Å². The first kappa shape index (κ1) is 13.4. The molecule has 98 valence electrons. The lowest BCUT2D eigenvalue weighted by molar-refractivity contribution is -0.137. The lowest BCUT2D eigenvalue weighted by atomic mass is 9.92. The predicted molar refractivity (Wildman–Crippen MR) is 69.8 cm³/mol. The molecule has 1 saturated heterocycles. The summed E-state index contributed by atoms with van der Waals surface area (Å²) < 4.78 is 0. The van der Waals surface area contributed by atoms with Crippen molar-refractivity contribution < 1.29 is 9.90 Å². The van der Waals surface area contributed by atoms with Crippen molar-refractivity contribution in [3.05, 3.63) is 22.3 Å². The van der Waals surface area contributed by atoms with Crippen LogP contribution in [0, 0.1) is 0 Å². The van der Waals surface area contributed by atoms with Crippen molar-refractivity contribution in [1.29, 1.82) is 0 Å². The zero-order valence-corrected chi connectivity index (χ0v) is 11.1. The summed E-state index contributed by atoms with van der Waals surface area (Å²) in [6.07, 6.45) is 2.46. The van der Waals surface area contributed by atoms with Crippen molar-refractivity contribution in [2.45, 2.75) is 18.4 Å². The number of halogens is 2. The summed E-state index contributed by atoms with van der Waals surface area (Å²) in [5.74, 6) is -0.224. The summed E-state index contributed by atoms with van der Waals surface area (Å²) in [5, 5.41) is 10.9. The number of hydrogen-bond donors (Lipinski definition) is 2. The number of rotatable bonds is 2. The number of β-amino-alcohol motifs (C(OH)–C–C–N with tert-alkyl or cyclic N) is 1. The molecule has 1 aliphatic rings. The number of hydrogen-bond acceptors (Lipinski definition) is 4. The van der Waals surface area contributed by atoms with Crippen LogP contribution < -0.4 is 10.6 Å². The highest BCUT2D eigenvalue weighted by Gasteiger charge is 2.39.